The molecule has 0 fully saturated rings. The highest BCUT2D eigenvalue weighted by Gasteiger charge is 2.18. The molecule has 1 unspecified atom stereocenters. The summed E-state index contributed by atoms with van der Waals surface area (Å²) < 4.78 is 5.80. The molecule has 5 heteroatoms. The van der Waals surface area contributed by atoms with E-state index in [2.05, 4.69) is 10.2 Å². The van der Waals surface area contributed by atoms with Gasteiger partial charge in [0, 0.05) is 10.9 Å². The van der Waals surface area contributed by atoms with Crippen LogP contribution < -0.4 is 5.73 Å². The van der Waals surface area contributed by atoms with Gasteiger partial charge in [0.2, 0.25) is 0 Å². The Bertz CT molecular complexity index is 782. The van der Waals surface area contributed by atoms with Crippen molar-refractivity contribution in [2.24, 2.45) is 5.73 Å². The van der Waals surface area contributed by atoms with Gasteiger partial charge in [0.1, 0.15) is 5.76 Å². The monoisotopic (exact) mass is 287 g/mol. The van der Waals surface area contributed by atoms with E-state index in [0.717, 1.165) is 22.3 Å². The van der Waals surface area contributed by atoms with Gasteiger partial charge in [-0.15, -0.1) is 0 Å². The predicted octanol–water partition coefficient (Wildman–Crippen LogP) is 3.54. The fraction of sp³-hybridized carbons (Fsp3) is 0.200. The highest BCUT2D eigenvalue weighted by atomic mass is 35.5. The maximum Gasteiger partial charge on any atom is 0.152 e. The van der Waals surface area contributed by atoms with Gasteiger partial charge in [-0.25, -0.2) is 0 Å². The number of benzene rings is 1. The van der Waals surface area contributed by atoms with Crippen molar-refractivity contribution >= 4 is 22.6 Å². The number of rotatable bonds is 2. The molecular formula is C15H14ClN3O. The van der Waals surface area contributed by atoms with Crippen LogP contribution in [0.2, 0.25) is 5.02 Å². The van der Waals surface area contributed by atoms with Crippen LogP contribution in [0.1, 0.15) is 28.8 Å². The Balaban J connectivity index is 2.10. The molecule has 2 N–H and O–H groups in total. The van der Waals surface area contributed by atoms with Crippen LogP contribution in [0.4, 0.5) is 0 Å². The molecule has 0 aliphatic heterocycles. The lowest BCUT2D eigenvalue weighted by Gasteiger charge is -2.11. The highest BCUT2D eigenvalue weighted by molar-refractivity contribution is 6.34. The van der Waals surface area contributed by atoms with E-state index in [-0.39, 0.29) is 6.04 Å². The zero-order valence-electron chi connectivity index (χ0n) is 11.2. The smallest absolute Gasteiger partial charge is 0.152 e. The number of para-hydroxylation sites is 1. The Morgan fingerprint density at radius 1 is 1.20 bits per heavy atom. The molecule has 0 aliphatic carbocycles. The minimum Gasteiger partial charge on any atom is -0.457 e. The molecular weight excluding hydrogens is 274 g/mol. The van der Waals surface area contributed by atoms with Crippen LogP contribution in [0.5, 0.6) is 0 Å². The number of hydrogen-bond acceptors (Lipinski definition) is 4. The highest BCUT2D eigenvalue weighted by Crippen LogP contribution is 2.31. The number of fused-ring (bicyclic) bond motifs is 1. The second-order valence-electron chi connectivity index (χ2n) is 4.81. The van der Waals surface area contributed by atoms with E-state index in [1.165, 1.54) is 0 Å². The third kappa shape index (κ3) is 2.17. The summed E-state index contributed by atoms with van der Waals surface area (Å²) in [6, 6.07) is 9.10. The summed E-state index contributed by atoms with van der Waals surface area (Å²) >= 11 is 6.12. The summed E-state index contributed by atoms with van der Waals surface area (Å²) in [5.41, 5.74) is 9.50. The quantitative estimate of drug-likeness (QED) is 0.783. The summed E-state index contributed by atoms with van der Waals surface area (Å²) in [7, 11) is 0. The second kappa shape index (κ2) is 4.89. The number of nitrogens with zero attached hydrogens (tertiary/aromatic N) is 2. The fourth-order valence-corrected chi connectivity index (χ4v) is 2.46. The molecule has 1 atom stereocenters. The Morgan fingerprint density at radius 2 is 2.00 bits per heavy atom. The predicted molar refractivity (Wildman–Crippen MR) is 78.8 cm³/mol. The van der Waals surface area contributed by atoms with Crippen molar-refractivity contribution in [2.75, 3.05) is 0 Å². The van der Waals surface area contributed by atoms with Crippen LogP contribution in [-0.4, -0.2) is 10.2 Å². The lowest BCUT2D eigenvalue weighted by molar-refractivity contribution is 0.523. The largest absolute Gasteiger partial charge is 0.457 e. The van der Waals surface area contributed by atoms with Gasteiger partial charge in [-0.1, -0.05) is 23.7 Å². The van der Waals surface area contributed by atoms with Crippen LogP contribution >= 0.6 is 11.6 Å². The zero-order chi connectivity index (χ0) is 14.3. The Labute approximate surface area is 121 Å². The minimum atomic E-state index is -0.382. The van der Waals surface area contributed by atoms with E-state index in [0.29, 0.717) is 16.4 Å². The first-order chi connectivity index (χ1) is 9.56. The van der Waals surface area contributed by atoms with E-state index in [1.807, 2.05) is 38.1 Å². The van der Waals surface area contributed by atoms with Crippen molar-refractivity contribution in [1.29, 1.82) is 0 Å². The fourth-order valence-electron chi connectivity index (χ4n) is 2.24. The van der Waals surface area contributed by atoms with Crippen molar-refractivity contribution in [1.82, 2.24) is 10.2 Å². The Hall–Kier alpha value is -1.91. The van der Waals surface area contributed by atoms with Crippen molar-refractivity contribution in [3.05, 3.63) is 58.1 Å². The molecule has 0 saturated heterocycles. The average molecular weight is 288 g/mol. The van der Waals surface area contributed by atoms with Gasteiger partial charge in [0.25, 0.3) is 0 Å². The molecule has 0 saturated carbocycles. The molecule has 0 aliphatic rings. The van der Waals surface area contributed by atoms with Gasteiger partial charge in [-0.3, -0.25) is 0 Å². The third-order valence-electron chi connectivity index (χ3n) is 3.30. The lowest BCUT2D eigenvalue weighted by atomic mass is 10.0. The second-order valence-corrected chi connectivity index (χ2v) is 5.22. The first-order valence-electron chi connectivity index (χ1n) is 6.30. The summed E-state index contributed by atoms with van der Waals surface area (Å²) in [5, 5.41) is 9.64. The minimum absolute atomic E-state index is 0.382. The van der Waals surface area contributed by atoms with Gasteiger partial charge in [0.05, 0.1) is 22.5 Å². The molecule has 0 radical (unpaired) electrons. The van der Waals surface area contributed by atoms with Gasteiger partial charge in [-0.2, -0.15) is 10.2 Å². The molecule has 3 aromatic rings. The molecule has 102 valence electrons. The van der Waals surface area contributed by atoms with E-state index < -0.39 is 0 Å². The molecule has 2 aromatic heterocycles. The number of aryl methyl sites for hydroxylation is 2. The van der Waals surface area contributed by atoms with E-state index >= 15 is 0 Å². The molecule has 0 bridgehead atoms. The van der Waals surface area contributed by atoms with Crippen LogP contribution in [-0.2, 0) is 0 Å². The van der Waals surface area contributed by atoms with E-state index in [1.54, 1.807) is 6.07 Å². The maximum atomic E-state index is 6.30. The maximum absolute atomic E-state index is 6.30. The number of nitrogens with two attached hydrogens (primary N) is 1. The molecule has 0 amide bonds. The Kier molecular flexibility index (Phi) is 3.20. The van der Waals surface area contributed by atoms with Gasteiger partial charge in [-0.05, 0) is 32.0 Å². The molecule has 0 spiro atoms. The zero-order valence-corrected chi connectivity index (χ0v) is 12.0. The SMILES string of the molecule is Cc1cc(C(N)c2cc3cccc(Cl)c3o2)c(C)nn1. The molecule has 20 heavy (non-hydrogen) atoms. The van der Waals surface area contributed by atoms with E-state index in [4.69, 9.17) is 21.8 Å². The topological polar surface area (TPSA) is 64.9 Å². The van der Waals surface area contributed by atoms with Gasteiger partial charge in [0.15, 0.2) is 5.58 Å². The standard InChI is InChI=1S/C15H14ClN3O/c1-8-6-11(9(2)19-18-8)14(17)13-7-10-4-3-5-12(16)15(10)20-13/h3-7,14H,17H2,1-2H3. The van der Waals surface area contributed by atoms with Crippen molar-refractivity contribution < 1.29 is 4.42 Å². The number of aromatic nitrogens is 2. The van der Waals surface area contributed by atoms with Crippen LogP contribution in [0.3, 0.4) is 0 Å². The van der Waals surface area contributed by atoms with Gasteiger partial charge < -0.3 is 10.2 Å². The summed E-state index contributed by atoms with van der Waals surface area (Å²) in [5.74, 6) is 0.670. The summed E-state index contributed by atoms with van der Waals surface area (Å²) in [4.78, 5) is 0. The van der Waals surface area contributed by atoms with E-state index in [9.17, 15) is 0 Å². The van der Waals surface area contributed by atoms with Gasteiger partial charge >= 0.3 is 0 Å². The van der Waals surface area contributed by atoms with Crippen LogP contribution in [0.15, 0.2) is 34.7 Å². The molecule has 1 aromatic carbocycles. The van der Waals surface area contributed by atoms with Crippen LogP contribution in [0.25, 0.3) is 11.0 Å². The summed E-state index contributed by atoms with van der Waals surface area (Å²) in [6.45, 7) is 3.77. The van der Waals surface area contributed by atoms with Crippen molar-refractivity contribution in [2.45, 2.75) is 19.9 Å². The molecule has 4 nitrogen and oxygen atoms in total. The van der Waals surface area contributed by atoms with Crippen molar-refractivity contribution in [3.63, 3.8) is 0 Å². The van der Waals surface area contributed by atoms with Crippen LogP contribution in [0, 0.1) is 13.8 Å². The molecule has 2 heterocycles. The summed E-state index contributed by atoms with van der Waals surface area (Å²) in [6.07, 6.45) is 0. The lowest BCUT2D eigenvalue weighted by Crippen LogP contribution is -2.14. The normalized spacial score (nSPS) is 12.8. The third-order valence-corrected chi connectivity index (χ3v) is 3.59. The molecule has 3 rings (SSSR count). The Morgan fingerprint density at radius 3 is 2.75 bits per heavy atom. The number of furan rings is 1. The van der Waals surface area contributed by atoms with Crippen molar-refractivity contribution in [3.8, 4) is 0 Å². The number of hydrogen-bond donors (Lipinski definition) is 1. The number of halogens is 1. The first-order valence-corrected chi connectivity index (χ1v) is 6.68. The first kappa shape index (κ1) is 13.1. The average Bonchev–Trinajstić information content (AvgIpc) is 2.86.